The highest BCUT2D eigenvalue weighted by molar-refractivity contribution is 6.13. The van der Waals surface area contributed by atoms with E-state index in [4.69, 9.17) is 19.9 Å². The summed E-state index contributed by atoms with van der Waals surface area (Å²) >= 11 is 0. The first-order valence-electron chi connectivity index (χ1n) is 19.3. The van der Waals surface area contributed by atoms with Gasteiger partial charge in [0.15, 0.2) is 17.5 Å². The molecule has 8 aromatic rings. The van der Waals surface area contributed by atoms with Crippen LogP contribution in [-0.4, -0.2) is 26.8 Å². The Kier molecular flexibility index (Phi) is 8.94. The first-order chi connectivity index (χ1) is 28.2. The van der Waals surface area contributed by atoms with E-state index in [9.17, 15) is 0 Å². The van der Waals surface area contributed by atoms with Crippen LogP contribution in [0.3, 0.4) is 0 Å². The van der Waals surface area contributed by atoms with E-state index in [1.807, 2.05) is 66.7 Å². The van der Waals surface area contributed by atoms with Crippen molar-refractivity contribution in [3.63, 3.8) is 0 Å². The zero-order chi connectivity index (χ0) is 38.0. The molecular formula is C52H37N5. The number of rotatable bonds is 7. The molecule has 57 heavy (non-hydrogen) atoms. The third kappa shape index (κ3) is 6.88. The van der Waals surface area contributed by atoms with E-state index in [-0.39, 0.29) is 6.17 Å². The van der Waals surface area contributed by atoms with Crippen LogP contribution in [0.4, 0.5) is 0 Å². The second-order valence-electron chi connectivity index (χ2n) is 14.3. The van der Waals surface area contributed by atoms with Gasteiger partial charge in [0.2, 0.25) is 0 Å². The fourth-order valence-corrected chi connectivity index (χ4v) is 7.79. The Morgan fingerprint density at radius 1 is 0.404 bits per heavy atom. The lowest BCUT2D eigenvalue weighted by molar-refractivity contribution is 0.693. The van der Waals surface area contributed by atoms with E-state index in [0.29, 0.717) is 17.5 Å². The molecule has 5 nitrogen and oxygen atoms in total. The lowest BCUT2D eigenvalue weighted by Gasteiger charge is -2.26. The lowest BCUT2D eigenvalue weighted by atomic mass is 9.89. The van der Waals surface area contributed by atoms with Gasteiger partial charge in [-0.25, -0.2) is 15.0 Å². The number of hydrogen-bond donors (Lipinski definition) is 1. The number of allylic oxidation sites excluding steroid dienone is 1. The number of nitrogens with one attached hydrogen (secondary N) is 1. The van der Waals surface area contributed by atoms with Gasteiger partial charge in [-0.3, -0.25) is 4.99 Å². The lowest BCUT2D eigenvalue weighted by Crippen LogP contribution is -2.33. The molecule has 1 aliphatic carbocycles. The van der Waals surface area contributed by atoms with Gasteiger partial charge in [0, 0.05) is 22.4 Å². The fraction of sp³-hybridized carbons (Fsp3) is 0.0385. The molecule has 0 saturated carbocycles. The van der Waals surface area contributed by atoms with Crippen molar-refractivity contribution in [2.24, 2.45) is 4.99 Å². The monoisotopic (exact) mass is 731 g/mol. The summed E-state index contributed by atoms with van der Waals surface area (Å²) in [5.74, 6) is 1.93. The normalized spacial score (nSPS) is 14.5. The number of aliphatic imine (C=N–C) groups is 1. The minimum absolute atomic E-state index is 0.246. The Morgan fingerprint density at radius 2 is 0.895 bits per heavy atom. The molecule has 0 saturated heterocycles. The molecule has 1 N–H and O–H groups in total. The Morgan fingerprint density at radius 3 is 1.51 bits per heavy atom. The molecule has 1 aromatic heterocycles. The number of hydrogen-bond acceptors (Lipinski definition) is 5. The SMILES string of the molecule is C1=C(c2ccccc2)NC(C2=Cc3cccc(-c4ccc(-c5nc(-c6ccccc6)nc(-c6ccccc6)n5)cc4)c3-c3ccccc3C2)N=C1c1ccccc1. The molecular weight excluding hydrogens is 695 g/mol. The number of benzene rings is 7. The van der Waals surface area contributed by atoms with E-state index in [1.54, 1.807) is 0 Å². The van der Waals surface area contributed by atoms with Crippen LogP contribution in [-0.2, 0) is 6.42 Å². The van der Waals surface area contributed by atoms with Gasteiger partial charge < -0.3 is 5.32 Å². The minimum atomic E-state index is -0.246. The molecule has 10 rings (SSSR count). The average Bonchev–Trinajstić information content (AvgIpc) is 3.47. The van der Waals surface area contributed by atoms with Crippen molar-refractivity contribution in [3.8, 4) is 56.4 Å². The first-order valence-corrected chi connectivity index (χ1v) is 19.3. The Hall–Kier alpha value is -7.50. The van der Waals surface area contributed by atoms with E-state index in [1.165, 1.54) is 33.4 Å². The minimum Gasteiger partial charge on any atom is -0.360 e. The van der Waals surface area contributed by atoms with Gasteiger partial charge in [0.25, 0.3) is 0 Å². The van der Waals surface area contributed by atoms with Crippen molar-refractivity contribution < 1.29 is 0 Å². The van der Waals surface area contributed by atoms with E-state index in [0.717, 1.165) is 51.2 Å². The van der Waals surface area contributed by atoms with Crippen molar-refractivity contribution in [1.82, 2.24) is 20.3 Å². The number of aromatic nitrogens is 3. The average molecular weight is 732 g/mol. The van der Waals surface area contributed by atoms with Crippen molar-refractivity contribution in [2.75, 3.05) is 0 Å². The largest absolute Gasteiger partial charge is 0.360 e. The maximum absolute atomic E-state index is 5.35. The molecule has 0 radical (unpaired) electrons. The molecule has 2 heterocycles. The van der Waals surface area contributed by atoms with Crippen molar-refractivity contribution in [2.45, 2.75) is 12.6 Å². The third-order valence-corrected chi connectivity index (χ3v) is 10.6. The highest BCUT2D eigenvalue weighted by atomic mass is 15.1. The molecule has 5 heteroatoms. The summed E-state index contributed by atoms with van der Waals surface area (Å²) in [5.41, 5.74) is 15.5. The van der Waals surface area contributed by atoms with Gasteiger partial charge in [0.05, 0.1) is 5.71 Å². The molecule has 1 unspecified atom stereocenters. The molecule has 270 valence electrons. The van der Waals surface area contributed by atoms with Crippen molar-refractivity contribution >= 4 is 17.5 Å². The van der Waals surface area contributed by atoms with Crippen molar-refractivity contribution in [3.05, 3.63) is 222 Å². The fourth-order valence-electron chi connectivity index (χ4n) is 7.79. The van der Waals surface area contributed by atoms with Gasteiger partial charge in [0.1, 0.15) is 6.17 Å². The van der Waals surface area contributed by atoms with E-state index >= 15 is 0 Å². The van der Waals surface area contributed by atoms with E-state index < -0.39 is 0 Å². The van der Waals surface area contributed by atoms with Gasteiger partial charge in [-0.2, -0.15) is 0 Å². The van der Waals surface area contributed by atoms with Crippen LogP contribution in [0, 0.1) is 0 Å². The molecule has 2 aliphatic rings. The summed E-state index contributed by atoms with van der Waals surface area (Å²) in [6.45, 7) is 0. The zero-order valence-corrected chi connectivity index (χ0v) is 31.1. The smallest absolute Gasteiger partial charge is 0.164 e. The first kappa shape index (κ1) is 34.0. The predicted molar refractivity (Wildman–Crippen MR) is 233 cm³/mol. The van der Waals surface area contributed by atoms with Gasteiger partial charge in [-0.1, -0.05) is 194 Å². The highest BCUT2D eigenvalue weighted by Gasteiger charge is 2.26. The maximum atomic E-state index is 5.35. The van der Waals surface area contributed by atoms with Crippen LogP contribution in [0.1, 0.15) is 22.3 Å². The van der Waals surface area contributed by atoms with E-state index in [2.05, 4.69) is 139 Å². The summed E-state index contributed by atoms with van der Waals surface area (Å²) in [6.07, 6.45) is 5.04. The topological polar surface area (TPSA) is 63.1 Å². The van der Waals surface area contributed by atoms with Crippen LogP contribution in [0.2, 0.25) is 0 Å². The standard InChI is InChI=1S/C52H37N5/c1-5-16-36(17-6-1)46-34-47(37-18-7-2-8-19-37)54-52(53-46)43-32-41-24-13-14-26-45(41)48-42(33-43)25-15-27-44(48)35-28-30-40(31-29-35)51-56-49(38-20-9-3-10-21-38)55-50(57-51)39-22-11-4-12-23-39/h1-31,33-34,52-53H,32H2. The Bertz CT molecular complexity index is 2750. The van der Waals surface area contributed by atoms with Crippen LogP contribution < -0.4 is 5.32 Å². The summed E-state index contributed by atoms with van der Waals surface area (Å²) < 4.78 is 0. The van der Waals surface area contributed by atoms with Gasteiger partial charge in [-0.15, -0.1) is 0 Å². The third-order valence-electron chi connectivity index (χ3n) is 10.6. The second-order valence-corrected chi connectivity index (χ2v) is 14.3. The van der Waals surface area contributed by atoms with Gasteiger partial charge >= 0.3 is 0 Å². The van der Waals surface area contributed by atoms with Crippen LogP contribution >= 0.6 is 0 Å². The molecule has 0 spiro atoms. The number of nitrogens with zero attached hydrogens (tertiary/aromatic N) is 4. The highest BCUT2D eigenvalue weighted by Crippen LogP contribution is 2.42. The van der Waals surface area contributed by atoms with Crippen LogP contribution in [0.25, 0.3) is 68.2 Å². The second kappa shape index (κ2) is 15.0. The Labute approximate surface area is 332 Å². The Balaban J connectivity index is 1.05. The maximum Gasteiger partial charge on any atom is 0.164 e. The predicted octanol–water partition coefficient (Wildman–Crippen LogP) is 11.6. The quantitative estimate of drug-likeness (QED) is 0.177. The van der Waals surface area contributed by atoms with Crippen molar-refractivity contribution in [1.29, 1.82) is 0 Å². The molecule has 1 aliphatic heterocycles. The van der Waals surface area contributed by atoms with Crippen LogP contribution in [0.5, 0.6) is 0 Å². The van der Waals surface area contributed by atoms with Gasteiger partial charge in [-0.05, 0) is 62.6 Å². The molecule has 0 amide bonds. The molecule has 0 fully saturated rings. The molecule has 1 atom stereocenters. The number of fused-ring (bicyclic) bond motifs is 3. The summed E-state index contributed by atoms with van der Waals surface area (Å²) in [5, 5.41) is 3.81. The molecule has 0 bridgehead atoms. The summed E-state index contributed by atoms with van der Waals surface area (Å²) in [7, 11) is 0. The zero-order valence-electron chi connectivity index (χ0n) is 31.1. The van der Waals surface area contributed by atoms with Crippen LogP contribution in [0.15, 0.2) is 205 Å². The summed E-state index contributed by atoms with van der Waals surface area (Å²) in [4.78, 5) is 20.2. The summed E-state index contributed by atoms with van der Waals surface area (Å²) in [6, 6.07) is 65.2. The molecule has 7 aromatic carbocycles.